The summed E-state index contributed by atoms with van der Waals surface area (Å²) in [7, 11) is 1.53. The first kappa shape index (κ1) is 32.3. The van der Waals surface area contributed by atoms with E-state index in [0.717, 1.165) is 5.56 Å². The highest BCUT2D eigenvalue weighted by atomic mass is 79.9. The van der Waals surface area contributed by atoms with E-state index in [1.165, 1.54) is 7.05 Å². The van der Waals surface area contributed by atoms with E-state index in [9.17, 15) is 19.6 Å². The van der Waals surface area contributed by atoms with Gasteiger partial charge in [-0.15, -0.1) is 17.0 Å². The van der Waals surface area contributed by atoms with Crippen molar-refractivity contribution in [1.82, 2.24) is 10.2 Å². The SMILES string of the molecule is Br.CCOc1cc2c(cc1C(=O)NC)C(=N)N(CC(=O)c1ccc(OCCCCC(=O)O)c(C(C)(C)C#N)c1)C2. The Bertz CT molecular complexity index is 1330. The van der Waals surface area contributed by atoms with Gasteiger partial charge in [-0.2, -0.15) is 5.26 Å². The summed E-state index contributed by atoms with van der Waals surface area (Å²) in [6.07, 6.45) is 1.08. The predicted molar refractivity (Wildman–Crippen MR) is 155 cm³/mol. The van der Waals surface area contributed by atoms with E-state index in [2.05, 4.69) is 11.4 Å². The lowest BCUT2D eigenvalue weighted by Gasteiger charge is -2.22. The Hall–Kier alpha value is -3.91. The number of nitrogens with one attached hydrogen (secondary N) is 2. The van der Waals surface area contributed by atoms with Crippen molar-refractivity contribution in [3.8, 4) is 17.6 Å². The van der Waals surface area contributed by atoms with E-state index >= 15 is 0 Å². The van der Waals surface area contributed by atoms with Gasteiger partial charge in [0.15, 0.2) is 5.78 Å². The highest BCUT2D eigenvalue weighted by molar-refractivity contribution is 8.93. The molecule has 214 valence electrons. The number of ether oxygens (including phenoxy) is 2. The lowest BCUT2D eigenvalue weighted by molar-refractivity contribution is -0.137. The standard InChI is InChI=1S/C29H34N4O6.BrH/c1-5-38-25-13-19-15-33(27(31)20(19)14-21(25)28(37)32-4)16-23(34)18-9-10-24(22(12-18)29(2,3)17-30)39-11-7-6-8-26(35)36;/h9-10,12-14,31H,5-8,11,15-16H2,1-4H3,(H,32,37)(H,35,36);1H. The number of nitrogens with zero attached hydrogens (tertiary/aromatic N) is 2. The average Bonchev–Trinajstić information content (AvgIpc) is 3.21. The molecular weight excluding hydrogens is 580 g/mol. The van der Waals surface area contributed by atoms with Gasteiger partial charge in [-0.05, 0) is 69.5 Å². The number of aliphatic carboxylic acids is 1. The molecule has 2 aromatic rings. The molecule has 1 amide bonds. The molecule has 0 spiro atoms. The Labute approximate surface area is 244 Å². The number of halogens is 1. The third-order valence-corrected chi connectivity index (χ3v) is 6.54. The number of carboxylic acid groups (broad SMARTS) is 1. The van der Waals surface area contributed by atoms with E-state index in [-0.39, 0.29) is 47.5 Å². The summed E-state index contributed by atoms with van der Waals surface area (Å²) in [6.45, 7) is 6.23. The van der Waals surface area contributed by atoms with E-state index in [4.69, 9.17) is 20.0 Å². The van der Waals surface area contributed by atoms with Crippen LogP contribution in [-0.4, -0.2) is 60.3 Å². The highest BCUT2D eigenvalue weighted by Gasteiger charge is 2.30. The van der Waals surface area contributed by atoms with E-state index in [0.29, 0.717) is 66.4 Å². The number of carbonyl (C=O) groups excluding carboxylic acids is 2. The zero-order valence-corrected chi connectivity index (χ0v) is 24.8. The molecule has 0 radical (unpaired) electrons. The van der Waals surface area contributed by atoms with Crippen LogP contribution < -0.4 is 14.8 Å². The zero-order valence-electron chi connectivity index (χ0n) is 23.1. The molecule has 3 rings (SSSR count). The number of carbonyl (C=O) groups is 3. The molecule has 0 aliphatic carbocycles. The molecular formula is C29H35BrN4O6. The Balaban J connectivity index is 0.00000560. The van der Waals surface area contributed by atoms with Gasteiger partial charge in [-0.1, -0.05) is 0 Å². The van der Waals surface area contributed by atoms with Crippen LogP contribution in [0.25, 0.3) is 0 Å². The van der Waals surface area contributed by atoms with E-state index in [1.807, 2.05) is 6.92 Å². The van der Waals surface area contributed by atoms with Gasteiger partial charge >= 0.3 is 5.97 Å². The smallest absolute Gasteiger partial charge is 0.303 e. The molecule has 0 saturated heterocycles. The molecule has 1 aliphatic rings. The number of hydrogen-bond donors (Lipinski definition) is 3. The maximum atomic E-state index is 13.3. The fourth-order valence-electron chi connectivity index (χ4n) is 4.35. The minimum absolute atomic E-state index is 0. The van der Waals surface area contributed by atoms with E-state index in [1.54, 1.807) is 49.1 Å². The van der Waals surface area contributed by atoms with Gasteiger partial charge in [0.1, 0.15) is 17.3 Å². The average molecular weight is 616 g/mol. The molecule has 0 bridgehead atoms. The summed E-state index contributed by atoms with van der Waals surface area (Å²) in [5, 5.41) is 29.8. The molecule has 0 unspecified atom stereocenters. The Morgan fingerprint density at radius 3 is 2.50 bits per heavy atom. The molecule has 3 N–H and O–H groups in total. The van der Waals surface area contributed by atoms with Crippen molar-refractivity contribution in [2.24, 2.45) is 0 Å². The molecule has 2 aromatic carbocycles. The largest absolute Gasteiger partial charge is 0.493 e. The van der Waals surface area contributed by atoms with Crippen LogP contribution in [0.2, 0.25) is 0 Å². The van der Waals surface area contributed by atoms with Gasteiger partial charge in [0, 0.05) is 36.7 Å². The fraction of sp³-hybridized carbons (Fsp3) is 0.414. The van der Waals surface area contributed by atoms with Gasteiger partial charge in [-0.25, -0.2) is 0 Å². The molecule has 0 fully saturated rings. The minimum Gasteiger partial charge on any atom is -0.493 e. The molecule has 40 heavy (non-hydrogen) atoms. The predicted octanol–water partition coefficient (Wildman–Crippen LogP) is 4.48. The number of amidine groups is 1. The highest BCUT2D eigenvalue weighted by Crippen LogP contribution is 2.34. The van der Waals surface area contributed by atoms with Gasteiger partial charge in [0.25, 0.3) is 5.91 Å². The maximum Gasteiger partial charge on any atom is 0.303 e. The summed E-state index contributed by atoms with van der Waals surface area (Å²) < 4.78 is 11.5. The van der Waals surface area contributed by atoms with Gasteiger partial charge in [-0.3, -0.25) is 19.8 Å². The van der Waals surface area contributed by atoms with Crippen LogP contribution in [0.1, 0.15) is 77.4 Å². The number of benzene rings is 2. The molecule has 0 aromatic heterocycles. The van der Waals surface area contributed by atoms with E-state index < -0.39 is 11.4 Å². The number of nitriles is 1. The number of hydrogen-bond acceptors (Lipinski definition) is 7. The number of carboxylic acids is 1. The second-order valence-corrected chi connectivity index (χ2v) is 9.79. The molecule has 0 atom stereocenters. The summed E-state index contributed by atoms with van der Waals surface area (Å²) in [6, 6.07) is 10.6. The Morgan fingerprint density at radius 2 is 1.88 bits per heavy atom. The second-order valence-electron chi connectivity index (χ2n) is 9.79. The normalized spacial score (nSPS) is 12.2. The molecule has 0 saturated carbocycles. The van der Waals surface area contributed by atoms with Gasteiger partial charge < -0.3 is 24.8 Å². The van der Waals surface area contributed by atoms with Crippen molar-refractivity contribution in [2.75, 3.05) is 26.8 Å². The minimum atomic E-state index is -0.935. The van der Waals surface area contributed by atoms with Crippen molar-refractivity contribution < 1.29 is 29.0 Å². The van der Waals surface area contributed by atoms with Crippen LogP contribution in [-0.2, 0) is 16.8 Å². The van der Waals surface area contributed by atoms with Gasteiger partial charge in [0.05, 0.1) is 36.8 Å². The van der Waals surface area contributed by atoms with Crippen LogP contribution >= 0.6 is 17.0 Å². The maximum absolute atomic E-state index is 13.3. The molecule has 11 heteroatoms. The number of unbranched alkanes of at least 4 members (excludes halogenated alkanes) is 1. The molecule has 10 nitrogen and oxygen atoms in total. The topological polar surface area (TPSA) is 153 Å². The monoisotopic (exact) mass is 614 g/mol. The first-order valence-corrected chi connectivity index (χ1v) is 12.8. The van der Waals surface area contributed by atoms with Crippen LogP contribution in [0.15, 0.2) is 30.3 Å². The van der Waals surface area contributed by atoms with Crippen molar-refractivity contribution in [1.29, 1.82) is 10.7 Å². The van der Waals surface area contributed by atoms with Crippen LogP contribution in [0, 0.1) is 16.7 Å². The number of ketones is 1. The van der Waals surface area contributed by atoms with Crippen molar-refractivity contribution in [3.63, 3.8) is 0 Å². The van der Waals surface area contributed by atoms with Crippen LogP contribution in [0.3, 0.4) is 0 Å². The number of amides is 1. The number of Topliss-reactive ketones (excluding diaryl/α,β-unsaturated/α-hetero) is 1. The van der Waals surface area contributed by atoms with Crippen LogP contribution in [0.4, 0.5) is 0 Å². The van der Waals surface area contributed by atoms with Crippen molar-refractivity contribution in [2.45, 2.75) is 52.0 Å². The lowest BCUT2D eigenvalue weighted by atomic mass is 9.84. The number of rotatable bonds is 13. The fourth-order valence-corrected chi connectivity index (χ4v) is 4.35. The van der Waals surface area contributed by atoms with Crippen molar-refractivity contribution >= 4 is 40.5 Å². The third kappa shape index (κ3) is 7.39. The first-order chi connectivity index (χ1) is 18.5. The quantitative estimate of drug-likeness (QED) is 0.220. The summed E-state index contributed by atoms with van der Waals surface area (Å²) >= 11 is 0. The number of fused-ring (bicyclic) bond motifs is 1. The third-order valence-electron chi connectivity index (χ3n) is 6.54. The van der Waals surface area contributed by atoms with Crippen molar-refractivity contribution in [3.05, 3.63) is 58.1 Å². The second kappa shape index (κ2) is 13.9. The zero-order chi connectivity index (χ0) is 28.7. The van der Waals surface area contributed by atoms with Crippen LogP contribution in [0.5, 0.6) is 11.5 Å². The Kier molecular flexibility index (Phi) is 11.3. The first-order valence-electron chi connectivity index (χ1n) is 12.8. The Morgan fingerprint density at radius 1 is 1.15 bits per heavy atom. The summed E-state index contributed by atoms with van der Waals surface area (Å²) in [4.78, 5) is 38.0. The summed E-state index contributed by atoms with van der Waals surface area (Å²) in [5.41, 5.74) is 1.71. The van der Waals surface area contributed by atoms with Gasteiger partial charge in [0.2, 0.25) is 0 Å². The molecule has 1 heterocycles. The molecule has 1 aliphatic heterocycles. The lowest BCUT2D eigenvalue weighted by Crippen LogP contribution is -2.30. The summed E-state index contributed by atoms with van der Waals surface area (Å²) in [5.74, 6) is -0.364.